The topological polar surface area (TPSA) is 86.9 Å². The van der Waals surface area contributed by atoms with Gasteiger partial charge < -0.3 is 15.5 Å². The first-order chi connectivity index (χ1) is 28.8. The summed E-state index contributed by atoms with van der Waals surface area (Å²) in [5, 5.41) is 5.09. The highest BCUT2D eigenvalue weighted by atomic mass is 32.2. The van der Waals surface area contributed by atoms with Gasteiger partial charge >= 0.3 is 0 Å². The predicted octanol–water partition coefficient (Wildman–Crippen LogP) is 12.9. The molecule has 0 fully saturated rings. The minimum Gasteiger partial charge on any atom is -0.399 e. The van der Waals surface area contributed by atoms with Crippen molar-refractivity contribution in [3.8, 4) is 0 Å². The van der Waals surface area contributed by atoms with E-state index in [9.17, 15) is 13.0 Å². The summed E-state index contributed by atoms with van der Waals surface area (Å²) in [6.45, 7) is 13.4. The number of nitrogen functional groups attached to an aromatic ring is 1. The van der Waals surface area contributed by atoms with Crippen LogP contribution in [0.3, 0.4) is 0 Å². The lowest BCUT2D eigenvalue weighted by molar-refractivity contribution is 0.468. The minimum atomic E-state index is -4.02. The van der Waals surface area contributed by atoms with E-state index in [2.05, 4.69) is 154 Å². The molecule has 3 N–H and O–H groups in total. The van der Waals surface area contributed by atoms with Gasteiger partial charge in [0.2, 0.25) is 0 Å². The number of unbranched alkanes of at least 4 members (excludes halogenated alkanes) is 2. The summed E-state index contributed by atoms with van der Waals surface area (Å²) in [5.41, 5.74) is 15.8. The second-order valence-electron chi connectivity index (χ2n) is 17.8. The van der Waals surface area contributed by atoms with Crippen LogP contribution in [0.1, 0.15) is 90.7 Å². The van der Waals surface area contributed by atoms with Crippen LogP contribution in [0.4, 0.5) is 17.1 Å². The SMILES string of the molecule is CCCCN1/C(=C/C=C2\CCCC(/C=C/C3N(CCCCS(=O)(=O)O)c4ccc5ccccc5c4C3(C)C)=C2Sc2ccc(N)cc2)C(C)(C)c2c1ccc1ccccc21. The second kappa shape index (κ2) is 16.9. The molecular formula is C52H59N3O3S2. The van der Waals surface area contributed by atoms with Crippen molar-refractivity contribution in [3.05, 3.63) is 154 Å². The van der Waals surface area contributed by atoms with Gasteiger partial charge in [-0.25, -0.2) is 0 Å². The summed E-state index contributed by atoms with van der Waals surface area (Å²) in [7, 11) is -4.02. The van der Waals surface area contributed by atoms with Crippen molar-refractivity contribution in [1.29, 1.82) is 0 Å². The molecule has 312 valence electrons. The van der Waals surface area contributed by atoms with Crippen LogP contribution in [0.15, 0.2) is 148 Å². The van der Waals surface area contributed by atoms with Crippen LogP contribution in [-0.4, -0.2) is 37.9 Å². The van der Waals surface area contributed by atoms with Gasteiger partial charge in [-0.2, -0.15) is 8.42 Å². The second-order valence-corrected chi connectivity index (χ2v) is 20.5. The number of hydrogen-bond donors (Lipinski definition) is 2. The van der Waals surface area contributed by atoms with E-state index in [0.29, 0.717) is 19.4 Å². The fraction of sp³-hybridized carbons (Fsp3) is 0.346. The fourth-order valence-electron chi connectivity index (χ4n) is 10.0. The number of thioether (sulfide) groups is 1. The van der Waals surface area contributed by atoms with Crippen molar-refractivity contribution in [2.75, 3.05) is 34.4 Å². The first-order valence-corrected chi connectivity index (χ1v) is 24.1. The molecule has 0 saturated carbocycles. The average Bonchev–Trinajstić information content (AvgIpc) is 3.58. The first-order valence-electron chi connectivity index (χ1n) is 21.7. The van der Waals surface area contributed by atoms with Crippen molar-refractivity contribution in [2.24, 2.45) is 0 Å². The van der Waals surface area contributed by atoms with E-state index >= 15 is 0 Å². The molecule has 0 aromatic heterocycles. The summed E-state index contributed by atoms with van der Waals surface area (Å²) >= 11 is 1.83. The molecule has 1 unspecified atom stereocenters. The molecular weight excluding hydrogens is 779 g/mol. The Balaban J connectivity index is 1.21. The molecule has 1 atom stereocenters. The molecule has 0 radical (unpaired) electrons. The first kappa shape index (κ1) is 42.0. The minimum absolute atomic E-state index is 0.0375. The van der Waals surface area contributed by atoms with Crippen molar-refractivity contribution >= 4 is 60.5 Å². The largest absolute Gasteiger partial charge is 0.399 e. The van der Waals surface area contributed by atoms with Gasteiger partial charge in [0.25, 0.3) is 10.1 Å². The van der Waals surface area contributed by atoms with Gasteiger partial charge in [-0.3, -0.25) is 4.55 Å². The number of rotatable bonds is 13. The molecule has 0 bridgehead atoms. The third-order valence-corrected chi connectivity index (χ3v) is 15.0. The van der Waals surface area contributed by atoms with Gasteiger partial charge in [0, 0.05) is 56.5 Å². The van der Waals surface area contributed by atoms with Gasteiger partial charge in [0.15, 0.2) is 0 Å². The number of anilines is 3. The van der Waals surface area contributed by atoms with E-state index in [1.54, 1.807) is 0 Å². The van der Waals surface area contributed by atoms with Crippen molar-refractivity contribution in [1.82, 2.24) is 0 Å². The van der Waals surface area contributed by atoms with Crippen molar-refractivity contribution in [3.63, 3.8) is 0 Å². The quantitative estimate of drug-likeness (QED) is 0.0694. The van der Waals surface area contributed by atoms with E-state index in [1.165, 1.54) is 65.8 Å². The van der Waals surface area contributed by atoms with E-state index in [4.69, 9.17) is 5.73 Å². The van der Waals surface area contributed by atoms with Crippen LogP contribution in [-0.2, 0) is 20.9 Å². The molecule has 5 aromatic carbocycles. The van der Waals surface area contributed by atoms with Gasteiger partial charge in [0.05, 0.1) is 11.8 Å². The number of benzene rings is 5. The Morgan fingerprint density at radius 1 is 0.783 bits per heavy atom. The molecule has 0 saturated heterocycles. The third kappa shape index (κ3) is 8.18. The fourth-order valence-corrected chi connectivity index (χ4v) is 11.7. The molecule has 0 spiro atoms. The molecule has 1 aliphatic carbocycles. The van der Waals surface area contributed by atoms with E-state index in [-0.39, 0.29) is 22.6 Å². The smallest absolute Gasteiger partial charge is 0.264 e. The van der Waals surface area contributed by atoms with Gasteiger partial charge in [-0.05, 0) is 125 Å². The molecule has 0 amide bonds. The zero-order valence-electron chi connectivity index (χ0n) is 35.7. The Kier molecular flexibility index (Phi) is 11.9. The summed E-state index contributed by atoms with van der Waals surface area (Å²) < 4.78 is 32.8. The Bertz CT molecular complexity index is 2650. The Labute approximate surface area is 361 Å². The van der Waals surface area contributed by atoms with Gasteiger partial charge in [-0.1, -0.05) is 132 Å². The van der Waals surface area contributed by atoms with Crippen LogP contribution in [0.25, 0.3) is 21.5 Å². The van der Waals surface area contributed by atoms with Crippen molar-refractivity contribution < 1.29 is 13.0 Å². The standard InChI is InChI=1S/C52H59N3O3S2/c1-6-7-33-54-44-29-21-36-15-8-10-19-42(36)48(44)51(2,3)46(54)31-23-38-17-14-18-39(50(38)59-41-27-25-40(53)26-28-41)24-32-47-52(4,5)49-43-20-11-9-16-37(43)22-30-45(49)55(47)34-12-13-35-60(56,57)58/h8-11,15-16,19-32,47H,6-7,12-14,17-18,33-35,53H2,1-5H3,(H,56,57,58)/b32-24+,38-23+,46-31+. The van der Waals surface area contributed by atoms with E-state index < -0.39 is 10.1 Å². The molecule has 2 aliphatic heterocycles. The van der Waals surface area contributed by atoms with Crippen LogP contribution in [0, 0.1) is 0 Å². The lowest BCUT2D eigenvalue weighted by Crippen LogP contribution is -2.40. The van der Waals surface area contributed by atoms with E-state index in [1.807, 2.05) is 23.9 Å². The summed E-state index contributed by atoms with van der Waals surface area (Å²) in [5.74, 6) is -0.227. The highest BCUT2D eigenvalue weighted by molar-refractivity contribution is 8.03. The van der Waals surface area contributed by atoms with E-state index in [0.717, 1.165) is 49.2 Å². The third-order valence-electron chi connectivity index (χ3n) is 13.0. The molecule has 8 heteroatoms. The monoisotopic (exact) mass is 837 g/mol. The normalized spacial score (nSPS) is 20.0. The zero-order chi connectivity index (χ0) is 42.2. The summed E-state index contributed by atoms with van der Waals surface area (Å²) in [6, 6.07) is 34.8. The van der Waals surface area contributed by atoms with Crippen molar-refractivity contribution in [2.45, 2.75) is 101 Å². The van der Waals surface area contributed by atoms with Crippen LogP contribution < -0.4 is 15.5 Å². The number of nitrogens with two attached hydrogens (primary N) is 1. The maximum Gasteiger partial charge on any atom is 0.264 e. The number of nitrogens with zero attached hydrogens (tertiary/aromatic N) is 2. The number of hydrogen-bond acceptors (Lipinski definition) is 6. The average molecular weight is 838 g/mol. The number of allylic oxidation sites excluding steroid dienone is 6. The van der Waals surface area contributed by atoms with Gasteiger partial charge in [-0.15, -0.1) is 0 Å². The lowest BCUT2D eigenvalue weighted by atomic mass is 9.78. The summed E-state index contributed by atoms with van der Waals surface area (Å²) in [4.78, 5) is 7.51. The molecule has 3 aliphatic rings. The molecule has 2 heterocycles. The summed E-state index contributed by atoms with van der Waals surface area (Å²) in [6.07, 6.45) is 16.0. The zero-order valence-corrected chi connectivity index (χ0v) is 37.4. The highest BCUT2D eigenvalue weighted by Crippen LogP contribution is 2.52. The molecule has 8 rings (SSSR count). The Morgan fingerprint density at radius 2 is 1.45 bits per heavy atom. The lowest BCUT2D eigenvalue weighted by Gasteiger charge is -2.33. The highest BCUT2D eigenvalue weighted by Gasteiger charge is 2.44. The van der Waals surface area contributed by atoms with Crippen LogP contribution in [0.5, 0.6) is 0 Å². The van der Waals surface area contributed by atoms with Gasteiger partial charge in [0.1, 0.15) is 0 Å². The molecule has 6 nitrogen and oxygen atoms in total. The number of fused-ring (bicyclic) bond motifs is 6. The Hall–Kier alpha value is -4.76. The molecule has 5 aromatic rings. The maximum absolute atomic E-state index is 11.6. The molecule has 60 heavy (non-hydrogen) atoms. The Morgan fingerprint density at radius 3 is 2.13 bits per heavy atom. The van der Waals surface area contributed by atoms with Crippen LogP contribution >= 0.6 is 11.8 Å². The predicted molar refractivity (Wildman–Crippen MR) is 256 cm³/mol. The van der Waals surface area contributed by atoms with Crippen LogP contribution in [0.2, 0.25) is 0 Å². The maximum atomic E-state index is 11.6.